The molecule has 1 fully saturated rings. The molecule has 0 bridgehead atoms. The summed E-state index contributed by atoms with van der Waals surface area (Å²) in [6.45, 7) is 3.74. The normalized spacial score (nSPS) is 14.8. The molecule has 1 amide bonds. The Morgan fingerprint density at radius 2 is 1.90 bits per heavy atom. The van der Waals surface area contributed by atoms with Crippen molar-refractivity contribution in [2.45, 2.75) is 19.8 Å². The molecule has 0 unspecified atom stereocenters. The van der Waals surface area contributed by atoms with Gasteiger partial charge in [0.1, 0.15) is 11.6 Å². The highest BCUT2D eigenvalue weighted by Crippen LogP contribution is 2.28. The first-order valence-corrected chi connectivity index (χ1v) is 10.4. The molecule has 0 aliphatic carbocycles. The number of benzene rings is 2. The Morgan fingerprint density at radius 3 is 2.68 bits per heavy atom. The number of para-hydroxylation sites is 1. The van der Waals surface area contributed by atoms with E-state index in [4.69, 9.17) is 9.26 Å². The Morgan fingerprint density at radius 1 is 1.16 bits per heavy atom. The maximum absolute atomic E-state index is 13.0. The second-order valence-electron chi connectivity index (χ2n) is 7.69. The number of rotatable bonds is 6. The molecular formula is C24H24FN3O3. The Kier molecular flexibility index (Phi) is 6.40. The van der Waals surface area contributed by atoms with Gasteiger partial charge < -0.3 is 14.2 Å². The maximum atomic E-state index is 13.0. The molecule has 3 aromatic rings. The van der Waals surface area contributed by atoms with Gasteiger partial charge in [0.15, 0.2) is 6.61 Å². The number of carbonyl (C=O) groups is 1. The standard InChI is InChI=1S/C24H24FN3O3/c1-17-12-14-28(15-13-17)23(29)16-30-21-5-3-2-4-20(21)24-26-22(31-27-24)11-8-18-6-9-19(25)10-7-18/h2-11,17H,12-16H2,1H3. The quantitative estimate of drug-likeness (QED) is 0.578. The molecule has 1 aliphatic rings. The minimum atomic E-state index is -0.290. The third-order valence-corrected chi connectivity index (χ3v) is 5.35. The molecule has 160 valence electrons. The molecule has 1 aromatic heterocycles. The lowest BCUT2D eigenvalue weighted by Gasteiger charge is -2.30. The Bertz CT molecular complexity index is 1050. The second-order valence-corrected chi connectivity index (χ2v) is 7.69. The van der Waals surface area contributed by atoms with Crippen LogP contribution in [0.25, 0.3) is 23.5 Å². The van der Waals surface area contributed by atoms with Crippen LogP contribution in [-0.4, -0.2) is 40.6 Å². The van der Waals surface area contributed by atoms with Crippen molar-refractivity contribution >= 4 is 18.1 Å². The summed E-state index contributed by atoms with van der Waals surface area (Å²) in [6, 6.07) is 13.4. The van der Waals surface area contributed by atoms with Gasteiger partial charge in [0.2, 0.25) is 5.82 Å². The number of likely N-dealkylation sites (tertiary alicyclic amines) is 1. The third-order valence-electron chi connectivity index (χ3n) is 5.35. The van der Waals surface area contributed by atoms with Gasteiger partial charge in [-0.15, -0.1) is 0 Å². The average molecular weight is 421 g/mol. The molecule has 31 heavy (non-hydrogen) atoms. The van der Waals surface area contributed by atoms with Crippen molar-refractivity contribution in [1.29, 1.82) is 0 Å². The van der Waals surface area contributed by atoms with Crippen LogP contribution >= 0.6 is 0 Å². The van der Waals surface area contributed by atoms with Crippen molar-refractivity contribution in [2.75, 3.05) is 19.7 Å². The van der Waals surface area contributed by atoms with Crippen LogP contribution in [0.3, 0.4) is 0 Å². The van der Waals surface area contributed by atoms with E-state index in [0.29, 0.717) is 28.9 Å². The minimum absolute atomic E-state index is 0.0160. The van der Waals surface area contributed by atoms with Gasteiger partial charge in [-0.2, -0.15) is 4.98 Å². The van der Waals surface area contributed by atoms with E-state index in [1.54, 1.807) is 30.4 Å². The minimum Gasteiger partial charge on any atom is -0.483 e. The van der Waals surface area contributed by atoms with E-state index in [1.807, 2.05) is 23.1 Å². The maximum Gasteiger partial charge on any atom is 0.260 e. The van der Waals surface area contributed by atoms with Crippen LogP contribution in [0.2, 0.25) is 0 Å². The molecule has 4 rings (SSSR count). The summed E-state index contributed by atoms with van der Waals surface area (Å²) in [5.41, 5.74) is 1.46. The van der Waals surface area contributed by atoms with Gasteiger partial charge in [-0.05, 0) is 54.7 Å². The smallest absolute Gasteiger partial charge is 0.260 e. The van der Waals surface area contributed by atoms with E-state index in [2.05, 4.69) is 17.1 Å². The molecule has 2 aromatic carbocycles. The van der Waals surface area contributed by atoms with Gasteiger partial charge in [0.25, 0.3) is 11.8 Å². The zero-order chi connectivity index (χ0) is 21.6. The SMILES string of the molecule is CC1CCN(C(=O)COc2ccccc2-c2noc(C=Cc3ccc(F)cc3)n2)CC1. The van der Waals surface area contributed by atoms with Crippen LogP contribution in [0, 0.1) is 11.7 Å². The first-order chi connectivity index (χ1) is 15.1. The van der Waals surface area contributed by atoms with Gasteiger partial charge in [-0.1, -0.05) is 36.3 Å². The van der Waals surface area contributed by atoms with Crippen LogP contribution in [0.5, 0.6) is 5.75 Å². The van der Waals surface area contributed by atoms with Gasteiger partial charge in [-0.3, -0.25) is 4.79 Å². The molecule has 7 heteroatoms. The number of amides is 1. The predicted octanol–water partition coefficient (Wildman–Crippen LogP) is 4.68. The van der Waals surface area contributed by atoms with Gasteiger partial charge in [-0.25, -0.2) is 4.39 Å². The van der Waals surface area contributed by atoms with Crippen molar-refractivity contribution in [2.24, 2.45) is 5.92 Å². The van der Waals surface area contributed by atoms with Crippen molar-refractivity contribution in [1.82, 2.24) is 15.0 Å². The van der Waals surface area contributed by atoms with Crippen molar-refractivity contribution < 1.29 is 18.4 Å². The van der Waals surface area contributed by atoms with Crippen LogP contribution in [0.15, 0.2) is 53.1 Å². The molecule has 0 atom stereocenters. The average Bonchev–Trinajstić information content (AvgIpc) is 3.27. The number of nitrogens with zero attached hydrogens (tertiary/aromatic N) is 3. The number of hydrogen-bond donors (Lipinski definition) is 0. The second kappa shape index (κ2) is 9.55. The number of ether oxygens (including phenoxy) is 1. The van der Waals surface area contributed by atoms with Crippen molar-refractivity contribution in [3.8, 4) is 17.1 Å². The fourth-order valence-electron chi connectivity index (χ4n) is 3.42. The number of piperidine rings is 1. The number of hydrogen-bond acceptors (Lipinski definition) is 5. The van der Waals surface area contributed by atoms with Crippen LogP contribution < -0.4 is 4.74 Å². The first kappa shape index (κ1) is 20.8. The summed E-state index contributed by atoms with van der Waals surface area (Å²) in [4.78, 5) is 18.7. The van der Waals surface area contributed by atoms with E-state index in [-0.39, 0.29) is 18.3 Å². The van der Waals surface area contributed by atoms with E-state index < -0.39 is 0 Å². The van der Waals surface area contributed by atoms with Gasteiger partial charge in [0, 0.05) is 19.2 Å². The number of halogens is 1. The van der Waals surface area contributed by atoms with E-state index in [9.17, 15) is 9.18 Å². The molecule has 0 radical (unpaired) electrons. The zero-order valence-electron chi connectivity index (χ0n) is 17.3. The lowest BCUT2D eigenvalue weighted by Crippen LogP contribution is -2.40. The van der Waals surface area contributed by atoms with E-state index >= 15 is 0 Å². The van der Waals surface area contributed by atoms with E-state index in [0.717, 1.165) is 31.5 Å². The highest BCUT2D eigenvalue weighted by Gasteiger charge is 2.21. The Balaban J connectivity index is 1.42. The largest absolute Gasteiger partial charge is 0.483 e. The molecule has 0 spiro atoms. The Labute approximate surface area is 180 Å². The molecular weight excluding hydrogens is 397 g/mol. The first-order valence-electron chi connectivity index (χ1n) is 10.4. The predicted molar refractivity (Wildman–Crippen MR) is 116 cm³/mol. The highest BCUT2D eigenvalue weighted by atomic mass is 19.1. The fourth-order valence-corrected chi connectivity index (χ4v) is 3.42. The topological polar surface area (TPSA) is 68.5 Å². The van der Waals surface area contributed by atoms with Crippen LogP contribution in [0.4, 0.5) is 4.39 Å². The number of aromatic nitrogens is 2. The lowest BCUT2D eigenvalue weighted by molar-refractivity contribution is -0.134. The summed E-state index contributed by atoms with van der Waals surface area (Å²) in [5.74, 6) is 1.56. The van der Waals surface area contributed by atoms with Crippen molar-refractivity contribution in [3.63, 3.8) is 0 Å². The summed E-state index contributed by atoms with van der Waals surface area (Å²) in [5, 5.41) is 4.03. The zero-order valence-corrected chi connectivity index (χ0v) is 17.3. The molecule has 6 nitrogen and oxygen atoms in total. The van der Waals surface area contributed by atoms with E-state index in [1.165, 1.54) is 12.1 Å². The van der Waals surface area contributed by atoms with Gasteiger partial charge >= 0.3 is 0 Å². The van der Waals surface area contributed by atoms with Crippen LogP contribution in [-0.2, 0) is 4.79 Å². The highest BCUT2D eigenvalue weighted by molar-refractivity contribution is 5.78. The monoisotopic (exact) mass is 421 g/mol. The van der Waals surface area contributed by atoms with Gasteiger partial charge in [0.05, 0.1) is 5.56 Å². The number of carbonyl (C=O) groups excluding carboxylic acids is 1. The molecule has 1 aliphatic heterocycles. The molecule has 0 saturated carbocycles. The molecule has 0 N–H and O–H groups in total. The summed E-state index contributed by atoms with van der Waals surface area (Å²) in [6.07, 6.45) is 5.48. The van der Waals surface area contributed by atoms with Crippen LogP contribution in [0.1, 0.15) is 31.2 Å². The summed E-state index contributed by atoms with van der Waals surface area (Å²) >= 11 is 0. The van der Waals surface area contributed by atoms with Crippen molar-refractivity contribution in [3.05, 3.63) is 65.8 Å². The molecule has 2 heterocycles. The summed E-state index contributed by atoms with van der Waals surface area (Å²) < 4.78 is 24.1. The lowest BCUT2D eigenvalue weighted by atomic mass is 9.99. The fraction of sp³-hybridized carbons (Fsp3) is 0.292. The molecule has 1 saturated heterocycles. The third kappa shape index (κ3) is 5.36. The summed E-state index contributed by atoms with van der Waals surface area (Å²) in [7, 11) is 0. The Hall–Kier alpha value is -3.48.